The van der Waals surface area contributed by atoms with Crippen LogP contribution in [0.25, 0.3) is 0 Å². The number of nitrogens with one attached hydrogen (secondary N) is 1. The lowest BCUT2D eigenvalue weighted by Gasteiger charge is -2.26. The number of rotatable bonds is 9. The number of hydrogen-bond acceptors (Lipinski definition) is 4. The SMILES string of the molecule is CCNCc1ccncc1N(CC)CCCN(C)C. The number of nitrogens with zero attached hydrogens (tertiary/aromatic N) is 3. The molecule has 0 aromatic carbocycles. The van der Waals surface area contributed by atoms with E-state index >= 15 is 0 Å². The molecule has 0 aliphatic carbocycles. The summed E-state index contributed by atoms with van der Waals surface area (Å²) in [5.41, 5.74) is 2.60. The molecule has 0 aliphatic rings. The smallest absolute Gasteiger partial charge is 0.0598 e. The van der Waals surface area contributed by atoms with Gasteiger partial charge >= 0.3 is 0 Å². The van der Waals surface area contributed by atoms with Crippen molar-refractivity contribution in [2.24, 2.45) is 0 Å². The average molecular weight is 264 g/mol. The molecule has 0 spiro atoms. The quantitative estimate of drug-likeness (QED) is 0.739. The second kappa shape index (κ2) is 8.88. The maximum Gasteiger partial charge on any atom is 0.0598 e. The third kappa shape index (κ3) is 5.57. The van der Waals surface area contributed by atoms with Gasteiger partial charge in [-0.25, -0.2) is 0 Å². The van der Waals surface area contributed by atoms with Gasteiger partial charge in [0.2, 0.25) is 0 Å². The predicted molar refractivity (Wildman–Crippen MR) is 82.7 cm³/mol. The summed E-state index contributed by atoms with van der Waals surface area (Å²) in [4.78, 5) is 8.94. The Labute approximate surface area is 117 Å². The van der Waals surface area contributed by atoms with Gasteiger partial charge in [0.15, 0.2) is 0 Å². The Kier molecular flexibility index (Phi) is 7.45. The Morgan fingerprint density at radius 3 is 2.63 bits per heavy atom. The minimum absolute atomic E-state index is 0.915. The molecule has 0 unspecified atom stereocenters. The van der Waals surface area contributed by atoms with Gasteiger partial charge in [-0.05, 0) is 52.2 Å². The first kappa shape index (κ1) is 15.9. The molecule has 19 heavy (non-hydrogen) atoms. The van der Waals surface area contributed by atoms with E-state index < -0.39 is 0 Å². The molecule has 0 radical (unpaired) electrons. The predicted octanol–water partition coefficient (Wildman–Crippen LogP) is 1.97. The molecule has 0 saturated heterocycles. The van der Waals surface area contributed by atoms with Crippen LogP contribution < -0.4 is 10.2 Å². The summed E-state index contributed by atoms with van der Waals surface area (Å²) in [6.07, 6.45) is 5.05. The van der Waals surface area contributed by atoms with Crippen molar-refractivity contribution in [3.05, 3.63) is 24.0 Å². The van der Waals surface area contributed by atoms with Gasteiger partial charge in [0.25, 0.3) is 0 Å². The van der Waals surface area contributed by atoms with Crippen LogP contribution >= 0.6 is 0 Å². The van der Waals surface area contributed by atoms with Crippen LogP contribution in [0.4, 0.5) is 5.69 Å². The lowest BCUT2D eigenvalue weighted by molar-refractivity contribution is 0.400. The molecule has 0 bridgehead atoms. The molecule has 0 saturated carbocycles. The molecule has 0 fully saturated rings. The Hall–Kier alpha value is -1.13. The van der Waals surface area contributed by atoms with E-state index in [1.807, 2.05) is 12.4 Å². The summed E-state index contributed by atoms with van der Waals surface area (Å²) in [7, 11) is 4.24. The lowest BCUT2D eigenvalue weighted by atomic mass is 10.2. The fourth-order valence-electron chi connectivity index (χ4n) is 2.14. The zero-order valence-electron chi connectivity index (χ0n) is 12.8. The fourth-order valence-corrected chi connectivity index (χ4v) is 2.14. The molecule has 108 valence electrons. The van der Waals surface area contributed by atoms with Crippen molar-refractivity contribution < 1.29 is 0 Å². The third-order valence-corrected chi connectivity index (χ3v) is 3.21. The van der Waals surface area contributed by atoms with Gasteiger partial charge in [0.1, 0.15) is 0 Å². The average Bonchev–Trinajstić information content (AvgIpc) is 2.41. The first-order chi connectivity index (χ1) is 9.19. The topological polar surface area (TPSA) is 31.4 Å². The Balaban J connectivity index is 2.68. The van der Waals surface area contributed by atoms with E-state index in [1.165, 1.54) is 17.7 Å². The number of aromatic nitrogens is 1. The zero-order chi connectivity index (χ0) is 14.1. The second-order valence-corrected chi connectivity index (χ2v) is 5.02. The van der Waals surface area contributed by atoms with Gasteiger partial charge in [0, 0.05) is 25.8 Å². The summed E-state index contributed by atoms with van der Waals surface area (Å²) >= 11 is 0. The second-order valence-electron chi connectivity index (χ2n) is 5.02. The zero-order valence-corrected chi connectivity index (χ0v) is 12.8. The van der Waals surface area contributed by atoms with Crippen LogP contribution in [0.3, 0.4) is 0 Å². The van der Waals surface area contributed by atoms with Gasteiger partial charge in [0.05, 0.1) is 11.9 Å². The van der Waals surface area contributed by atoms with Gasteiger partial charge < -0.3 is 15.1 Å². The number of pyridine rings is 1. The fraction of sp³-hybridized carbons (Fsp3) is 0.667. The third-order valence-electron chi connectivity index (χ3n) is 3.21. The van der Waals surface area contributed by atoms with Gasteiger partial charge in [-0.1, -0.05) is 6.92 Å². The molecule has 4 nitrogen and oxygen atoms in total. The van der Waals surface area contributed by atoms with E-state index in [0.29, 0.717) is 0 Å². The molecule has 4 heteroatoms. The van der Waals surface area contributed by atoms with Crippen molar-refractivity contribution in [1.29, 1.82) is 0 Å². The summed E-state index contributed by atoms with van der Waals surface area (Å²) < 4.78 is 0. The highest BCUT2D eigenvalue weighted by Crippen LogP contribution is 2.19. The van der Waals surface area contributed by atoms with E-state index in [1.54, 1.807) is 0 Å². The van der Waals surface area contributed by atoms with Crippen molar-refractivity contribution in [1.82, 2.24) is 15.2 Å². The maximum atomic E-state index is 4.29. The summed E-state index contributed by atoms with van der Waals surface area (Å²) in [5.74, 6) is 0. The highest BCUT2D eigenvalue weighted by Gasteiger charge is 2.09. The molecule has 1 N–H and O–H groups in total. The van der Waals surface area contributed by atoms with E-state index in [2.05, 4.69) is 54.1 Å². The van der Waals surface area contributed by atoms with Crippen LogP contribution in [0.2, 0.25) is 0 Å². The van der Waals surface area contributed by atoms with E-state index in [-0.39, 0.29) is 0 Å². The van der Waals surface area contributed by atoms with Crippen molar-refractivity contribution in [3.8, 4) is 0 Å². The first-order valence-corrected chi connectivity index (χ1v) is 7.22. The summed E-state index contributed by atoms with van der Waals surface area (Å²) in [6.45, 7) is 9.49. The van der Waals surface area contributed by atoms with Gasteiger partial charge in [-0.3, -0.25) is 4.98 Å². The molecule has 0 amide bonds. The minimum atomic E-state index is 0.915. The van der Waals surface area contributed by atoms with E-state index in [4.69, 9.17) is 0 Å². The normalized spacial score (nSPS) is 11.0. The van der Waals surface area contributed by atoms with Crippen molar-refractivity contribution in [2.75, 3.05) is 45.2 Å². The van der Waals surface area contributed by atoms with Crippen molar-refractivity contribution in [3.63, 3.8) is 0 Å². The molecular weight excluding hydrogens is 236 g/mol. The monoisotopic (exact) mass is 264 g/mol. The molecule has 0 aliphatic heterocycles. The van der Waals surface area contributed by atoms with Crippen LogP contribution in [0.5, 0.6) is 0 Å². The standard InChI is InChI=1S/C15H28N4/c1-5-16-12-14-8-9-17-13-15(14)19(6-2)11-7-10-18(3)4/h8-9,13,16H,5-7,10-12H2,1-4H3. The Morgan fingerprint density at radius 2 is 2.00 bits per heavy atom. The van der Waals surface area contributed by atoms with Gasteiger partial charge in [-0.15, -0.1) is 0 Å². The van der Waals surface area contributed by atoms with Crippen LogP contribution in [0, 0.1) is 0 Å². The molecular formula is C15H28N4. The Bertz CT molecular complexity index is 352. The first-order valence-electron chi connectivity index (χ1n) is 7.22. The highest BCUT2D eigenvalue weighted by atomic mass is 15.1. The molecule has 1 rings (SSSR count). The van der Waals surface area contributed by atoms with Crippen molar-refractivity contribution in [2.45, 2.75) is 26.8 Å². The van der Waals surface area contributed by atoms with Crippen LogP contribution in [0.1, 0.15) is 25.8 Å². The Morgan fingerprint density at radius 1 is 1.21 bits per heavy atom. The van der Waals surface area contributed by atoms with Crippen LogP contribution in [-0.4, -0.2) is 50.2 Å². The van der Waals surface area contributed by atoms with E-state index in [9.17, 15) is 0 Å². The summed E-state index contributed by atoms with van der Waals surface area (Å²) in [5, 5.41) is 3.40. The van der Waals surface area contributed by atoms with Crippen LogP contribution in [0.15, 0.2) is 18.5 Å². The highest BCUT2D eigenvalue weighted by molar-refractivity contribution is 5.51. The molecule has 1 aromatic rings. The lowest BCUT2D eigenvalue weighted by Crippen LogP contribution is -2.28. The van der Waals surface area contributed by atoms with Crippen molar-refractivity contribution >= 4 is 5.69 Å². The van der Waals surface area contributed by atoms with Crippen LogP contribution in [-0.2, 0) is 6.54 Å². The van der Waals surface area contributed by atoms with Gasteiger partial charge in [-0.2, -0.15) is 0 Å². The molecule has 1 heterocycles. The summed E-state index contributed by atoms with van der Waals surface area (Å²) in [6, 6.07) is 2.12. The maximum absolute atomic E-state index is 4.29. The molecule has 0 atom stereocenters. The largest absolute Gasteiger partial charge is 0.370 e. The van der Waals surface area contributed by atoms with E-state index in [0.717, 1.165) is 32.7 Å². The molecule has 1 aromatic heterocycles. The number of hydrogen-bond donors (Lipinski definition) is 1. The number of anilines is 1. The minimum Gasteiger partial charge on any atom is -0.370 e.